The third-order valence-electron chi connectivity index (χ3n) is 6.69. The first kappa shape index (κ1) is 24.2. The summed E-state index contributed by atoms with van der Waals surface area (Å²) in [7, 11) is 1.65. The van der Waals surface area contributed by atoms with Crippen LogP contribution in [-0.4, -0.2) is 35.0 Å². The van der Waals surface area contributed by atoms with Gasteiger partial charge in [-0.3, -0.25) is 14.5 Å². The van der Waals surface area contributed by atoms with Crippen molar-refractivity contribution in [3.63, 3.8) is 0 Å². The smallest absolute Gasteiger partial charge is 0.272 e. The molecule has 2 aromatic carbocycles. The number of aromatic nitrogens is 2. The number of aryl methyl sites for hydroxylation is 1. The summed E-state index contributed by atoms with van der Waals surface area (Å²) in [5.74, 6) is 1.29. The lowest BCUT2D eigenvalue weighted by molar-refractivity contribution is -0.117. The van der Waals surface area contributed by atoms with E-state index in [0.717, 1.165) is 38.8 Å². The number of carbonyl (C=O) groups is 2. The second-order valence-corrected chi connectivity index (χ2v) is 9.91. The van der Waals surface area contributed by atoms with Crippen LogP contribution in [0, 0.1) is 0 Å². The highest BCUT2D eigenvalue weighted by atomic mass is 79.9. The number of anilines is 1. The minimum absolute atomic E-state index is 0.0589. The predicted octanol–water partition coefficient (Wildman–Crippen LogP) is 5.60. The van der Waals surface area contributed by atoms with E-state index >= 15 is 0 Å². The quantitative estimate of drug-likeness (QED) is 0.321. The van der Waals surface area contributed by atoms with Gasteiger partial charge in [-0.25, -0.2) is 4.98 Å². The van der Waals surface area contributed by atoms with Crippen molar-refractivity contribution in [2.45, 2.75) is 32.5 Å². The van der Waals surface area contributed by atoms with E-state index in [1.165, 1.54) is 4.90 Å². The number of furan rings is 1. The van der Waals surface area contributed by atoms with E-state index in [2.05, 4.69) is 48.8 Å². The van der Waals surface area contributed by atoms with Gasteiger partial charge in [0.25, 0.3) is 5.91 Å². The van der Waals surface area contributed by atoms with E-state index in [1.54, 1.807) is 7.05 Å². The third-order valence-corrected chi connectivity index (χ3v) is 7.47. The van der Waals surface area contributed by atoms with Crippen molar-refractivity contribution >= 4 is 44.5 Å². The molecule has 0 bridgehead atoms. The Balaban J connectivity index is 1.42. The molecule has 0 aliphatic carbocycles. The first-order valence-electron chi connectivity index (χ1n) is 12.2. The minimum Gasteiger partial charge on any atom is -0.455 e. The number of rotatable bonds is 6. The number of nitrogens with one attached hydrogen (secondary N) is 1. The van der Waals surface area contributed by atoms with E-state index in [-0.39, 0.29) is 18.4 Å². The number of halogens is 1. The molecular weight excluding hydrogens is 552 g/mol. The fourth-order valence-electron chi connectivity index (χ4n) is 4.79. The molecule has 2 aromatic heterocycles. The van der Waals surface area contributed by atoms with Crippen LogP contribution in [0.15, 0.2) is 72.0 Å². The summed E-state index contributed by atoms with van der Waals surface area (Å²) >= 11 is 3.75. The average Bonchev–Trinajstić information content (AvgIpc) is 3.64. The number of carbonyl (C=O) groups excluding carboxylic acids is 2. The molecule has 0 saturated heterocycles. The monoisotopic (exact) mass is 574 g/mol. The van der Waals surface area contributed by atoms with Gasteiger partial charge in [-0.15, -0.1) is 10.2 Å². The Hall–Kier alpha value is -4.19. The molecule has 0 unspecified atom stereocenters. The lowest BCUT2D eigenvalue weighted by Crippen LogP contribution is -2.34. The van der Waals surface area contributed by atoms with Crippen molar-refractivity contribution in [1.29, 1.82) is 0 Å². The van der Waals surface area contributed by atoms with Gasteiger partial charge in [-0.05, 0) is 50.5 Å². The SMILES string of the molecule is CCCc1nc2c(n1Cc1ccc3oc(-c4ccccc4C4N=NN=N4)c(Br)c3c1)C(=O)NCC(=O)N2C. The number of hydrogen-bond acceptors (Lipinski definition) is 8. The van der Waals surface area contributed by atoms with Gasteiger partial charge in [0, 0.05) is 36.5 Å². The van der Waals surface area contributed by atoms with Crippen LogP contribution in [0.5, 0.6) is 0 Å². The second-order valence-electron chi connectivity index (χ2n) is 9.12. The van der Waals surface area contributed by atoms with E-state index in [4.69, 9.17) is 9.40 Å². The van der Waals surface area contributed by atoms with Crippen LogP contribution in [0.3, 0.4) is 0 Å². The molecule has 12 heteroatoms. The van der Waals surface area contributed by atoms with Crippen molar-refractivity contribution in [3.05, 3.63) is 69.6 Å². The van der Waals surface area contributed by atoms with Gasteiger partial charge in [-0.2, -0.15) is 0 Å². The van der Waals surface area contributed by atoms with Crippen LogP contribution in [0.25, 0.3) is 22.3 Å². The molecule has 2 aliphatic heterocycles. The van der Waals surface area contributed by atoms with Gasteiger partial charge < -0.3 is 14.3 Å². The van der Waals surface area contributed by atoms with Crippen molar-refractivity contribution in [1.82, 2.24) is 14.9 Å². The standard InChI is InChI=1S/C26H23BrN8O3/c1-3-6-19-29-25-22(26(37)28-12-20(36)34(25)2)35(19)13-14-9-10-18-17(11-14)21(27)23(38-18)15-7-4-5-8-16(15)24-30-32-33-31-24/h4-5,7-11,24H,3,6,12-13H2,1-2H3,(H,28,37). The van der Waals surface area contributed by atoms with Crippen LogP contribution < -0.4 is 10.2 Å². The Morgan fingerprint density at radius 2 is 1.92 bits per heavy atom. The number of imidazole rings is 1. The number of hydrogen-bond donors (Lipinski definition) is 1. The first-order chi connectivity index (χ1) is 18.5. The van der Waals surface area contributed by atoms with Gasteiger partial charge in [-0.1, -0.05) is 37.3 Å². The van der Waals surface area contributed by atoms with Crippen LogP contribution >= 0.6 is 15.9 Å². The molecule has 11 nitrogen and oxygen atoms in total. The highest BCUT2D eigenvalue weighted by molar-refractivity contribution is 9.10. The van der Waals surface area contributed by atoms with Crippen LogP contribution in [0.4, 0.5) is 5.82 Å². The molecular formula is C26H23BrN8O3. The largest absolute Gasteiger partial charge is 0.455 e. The topological polar surface area (TPSA) is 130 Å². The van der Waals surface area contributed by atoms with Crippen LogP contribution in [-0.2, 0) is 17.8 Å². The molecule has 6 rings (SSSR count). The van der Waals surface area contributed by atoms with Gasteiger partial charge in [0.05, 0.1) is 11.0 Å². The fraction of sp³-hybridized carbons (Fsp3) is 0.269. The molecule has 0 atom stereocenters. The lowest BCUT2D eigenvalue weighted by atomic mass is 10.0. The van der Waals surface area contributed by atoms with Crippen molar-refractivity contribution < 1.29 is 14.0 Å². The maximum atomic E-state index is 13.0. The zero-order chi connectivity index (χ0) is 26.4. The molecule has 2 amide bonds. The van der Waals surface area contributed by atoms with Gasteiger partial charge in [0.2, 0.25) is 12.1 Å². The maximum absolute atomic E-state index is 13.0. The molecule has 0 radical (unpaired) electrons. The zero-order valence-corrected chi connectivity index (χ0v) is 22.3. The minimum atomic E-state index is -0.508. The maximum Gasteiger partial charge on any atom is 0.272 e. The van der Waals surface area contributed by atoms with E-state index < -0.39 is 6.17 Å². The summed E-state index contributed by atoms with van der Waals surface area (Å²) in [6.07, 6.45) is 1.02. The van der Waals surface area contributed by atoms with Crippen molar-refractivity contribution in [3.8, 4) is 11.3 Å². The molecule has 38 heavy (non-hydrogen) atoms. The zero-order valence-electron chi connectivity index (χ0n) is 20.7. The summed E-state index contributed by atoms with van der Waals surface area (Å²) in [6, 6.07) is 13.7. The molecule has 4 aromatic rings. The highest BCUT2D eigenvalue weighted by Crippen LogP contribution is 2.42. The summed E-state index contributed by atoms with van der Waals surface area (Å²) < 4.78 is 8.98. The number of nitrogens with zero attached hydrogens (tertiary/aromatic N) is 7. The molecule has 192 valence electrons. The summed E-state index contributed by atoms with van der Waals surface area (Å²) in [5.41, 5.74) is 3.74. The second kappa shape index (κ2) is 9.60. The fourth-order valence-corrected chi connectivity index (χ4v) is 5.40. The molecule has 4 heterocycles. The van der Waals surface area contributed by atoms with Crippen LogP contribution in [0.1, 0.15) is 47.0 Å². The Kier molecular flexibility index (Phi) is 6.10. The number of benzene rings is 2. The normalized spacial score (nSPS) is 15.4. The third kappa shape index (κ3) is 4.01. The Labute approximate surface area is 225 Å². The summed E-state index contributed by atoms with van der Waals surface area (Å²) in [5, 5.41) is 19.0. The van der Waals surface area contributed by atoms with Crippen molar-refractivity contribution in [2.75, 3.05) is 18.5 Å². The molecule has 1 N–H and O–H groups in total. The Morgan fingerprint density at radius 1 is 1.13 bits per heavy atom. The number of amides is 2. The average molecular weight is 575 g/mol. The van der Waals surface area contributed by atoms with Crippen LogP contribution in [0.2, 0.25) is 0 Å². The molecule has 2 aliphatic rings. The Morgan fingerprint density at radius 3 is 2.71 bits per heavy atom. The van der Waals surface area contributed by atoms with E-state index in [9.17, 15) is 9.59 Å². The van der Waals surface area contributed by atoms with Gasteiger partial charge in [0.15, 0.2) is 11.5 Å². The highest BCUT2D eigenvalue weighted by Gasteiger charge is 2.31. The summed E-state index contributed by atoms with van der Waals surface area (Å²) in [4.78, 5) is 31.5. The number of fused-ring (bicyclic) bond motifs is 2. The lowest BCUT2D eigenvalue weighted by Gasteiger charge is -2.12. The van der Waals surface area contributed by atoms with E-state index in [0.29, 0.717) is 35.8 Å². The van der Waals surface area contributed by atoms with E-state index in [1.807, 2.05) is 47.0 Å². The predicted molar refractivity (Wildman–Crippen MR) is 143 cm³/mol. The summed E-state index contributed by atoms with van der Waals surface area (Å²) in [6.45, 7) is 2.41. The Bertz CT molecular complexity index is 1640. The van der Waals surface area contributed by atoms with Crippen molar-refractivity contribution in [2.24, 2.45) is 20.7 Å². The number of likely N-dealkylation sites (N-methyl/N-ethyl adjacent to an activating group) is 1. The van der Waals surface area contributed by atoms with Gasteiger partial charge >= 0.3 is 0 Å². The molecule has 0 spiro atoms. The first-order valence-corrected chi connectivity index (χ1v) is 13.0. The molecule has 0 saturated carbocycles. The molecule has 0 fully saturated rings. The van der Waals surface area contributed by atoms with Gasteiger partial charge in [0.1, 0.15) is 17.2 Å².